The Morgan fingerprint density at radius 1 is 1.10 bits per heavy atom. The molecule has 21 heavy (non-hydrogen) atoms. The predicted octanol–water partition coefficient (Wildman–Crippen LogP) is 5.30. The molecule has 0 aromatic heterocycles. The Hall–Kier alpha value is -1.32. The summed E-state index contributed by atoms with van der Waals surface area (Å²) in [7, 11) is 0. The molecule has 3 heteroatoms. The van der Waals surface area contributed by atoms with Crippen LogP contribution in [0.25, 0.3) is 0 Å². The average Bonchev–Trinajstić information content (AvgIpc) is 2.41. The second-order valence-electron chi connectivity index (χ2n) is 5.67. The third-order valence-electron chi connectivity index (χ3n) is 3.21. The molecule has 2 rings (SSSR count). The summed E-state index contributed by atoms with van der Waals surface area (Å²) in [4.78, 5) is 0. The number of halogens is 1. The third kappa shape index (κ3) is 5.18. The van der Waals surface area contributed by atoms with Gasteiger partial charge in [0, 0.05) is 11.0 Å². The highest BCUT2D eigenvalue weighted by atomic mass is 79.9. The van der Waals surface area contributed by atoms with E-state index in [0.29, 0.717) is 5.92 Å². The maximum absolute atomic E-state index is 5.89. The standard InChI is InChI=1S/C18H22BrNO/c1-13(2)11-20-12-15-7-8-18(9-14(15)3)21-17-6-4-5-16(19)10-17/h4-10,13,20H,11-12H2,1-3H3. The van der Waals surface area contributed by atoms with Crippen LogP contribution >= 0.6 is 15.9 Å². The third-order valence-corrected chi connectivity index (χ3v) is 3.71. The topological polar surface area (TPSA) is 21.3 Å². The molecule has 0 amide bonds. The molecule has 0 aliphatic carbocycles. The minimum atomic E-state index is 0.671. The van der Waals surface area contributed by atoms with Crippen LogP contribution in [0.5, 0.6) is 11.5 Å². The molecule has 0 saturated heterocycles. The maximum atomic E-state index is 5.89. The summed E-state index contributed by atoms with van der Waals surface area (Å²) in [5.74, 6) is 2.39. The number of hydrogen-bond donors (Lipinski definition) is 1. The molecule has 0 atom stereocenters. The van der Waals surface area contributed by atoms with Gasteiger partial charge in [-0.25, -0.2) is 0 Å². The largest absolute Gasteiger partial charge is 0.457 e. The molecule has 1 N–H and O–H groups in total. The Morgan fingerprint density at radius 2 is 1.86 bits per heavy atom. The van der Waals surface area contributed by atoms with Crippen molar-refractivity contribution in [1.29, 1.82) is 0 Å². The lowest BCUT2D eigenvalue weighted by atomic mass is 10.1. The molecule has 0 fully saturated rings. The SMILES string of the molecule is Cc1cc(Oc2cccc(Br)c2)ccc1CNCC(C)C. The Balaban J connectivity index is 2.01. The van der Waals surface area contributed by atoms with E-state index >= 15 is 0 Å². The molecule has 0 unspecified atom stereocenters. The fraction of sp³-hybridized carbons (Fsp3) is 0.333. The van der Waals surface area contributed by atoms with Crippen molar-refractivity contribution in [1.82, 2.24) is 5.32 Å². The van der Waals surface area contributed by atoms with Crippen molar-refractivity contribution >= 4 is 15.9 Å². The molecule has 2 aromatic rings. The highest BCUT2D eigenvalue weighted by molar-refractivity contribution is 9.10. The van der Waals surface area contributed by atoms with Crippen LogP contribution in [-0.2, 0) is 6.54 Å². The van der Waals surface area contributed by atoms with Gasteiger partial charge in [-0.2, -0.15) is 0 Å². The van der Waals surface area contributed by atoms with Crippen molar-refractivity contribution in [3.8, 4) is 11.5 Å². The van der Waals surface area contributed by atoms with Gasteiger partial charge in [-0.15, -0.1) is 0 Å². The number of aryl methyl sites for hydroxylation is 1. The van der Waals surface area contributed by atoms with Crippen LogP contribution in [0.15, 0.2) is 46.9 Å². The zero-order valence-electron chi connectivity index (χ0n) is 12.8. The first-order chi connectivity index (χ1) is 10.0. The molecular formula is C18H22BrNO. The van der Waals surface area contributed by atoms with E-state index < -0.39 is 0 Å². The molecule has 0 heterocycles. The Bertz CT molecular complexity index is 596. The summed E-state index contributed by atoms with van der Waals surface area (Å²) in [5, 5.41) is 3.47. The van der Waals surface area contributed by atoms with E-state index in [1.807, 2.05) is 30.3 Å². The maximum Gasteiger partial charge on any atom is 0.128 e. The van der Waals surface area contributed by atoms with Crippen LogP contribution < -0.4 is 10.1 Å². The van der Waals surface area contributed by atoms with Gasteiger partial charge < -0.3 is 10.1 Å². The van der Waals surface area contributed by atoms with Gasteiger partial charge in [-0.1, -0.05) is 41.9 Å². The molecule has 0 bridgehead atoms. The van der Waals surface area contributed by atoms with Crippen LogP contribution in [0.2, 0.25) is 0 Å². The highest BCUT2D eigenvalue weighted by Crippen LogP contribution is 2.26. The molecule has 0 saturated carbocycles. The van der Waals surface area contributed by atoms with Crippen molar-refractivity contribution in [2.45, 2.75) is 27.3 Å². The lowest BCUT2D eigenvalue weighted by Gasteiger charge is -2.12. The zero-order valence-corrected chi connectivity index (χ0v) is 14.4. The molecule has 2 nitrogen and oxygen atoms in total. The molecular weight excluding hydrogens is 326 g/mol. The summed E-state index contributed by atoms with van der Waals surface area (Å²) in [6, 6.07) is 14.1. The molecule has 0 radical (unpaired) electrons. The van der Waals surface area contributed by atoms with E-state index in [9.17, 15) is 0 Å². The quantitative estimate of drug-likeness (QED) is 0.765. The fourth-order valence-electron chi connectivity index (χ4n) is 2.09. The lowest BCUT2D eigenvalue weighted by molar-refractivity contribution is 0.481. The number of benzene rings is 2. The second kappa shape index (κ2) is 7.62. The Labute approximate surface area is 135 Å². The molecule has 0 aliphatic rings. The first-order valence-electron chi connectivity index (χ1n) is 7.28. The van der Waals surface area contributed by atoms with Gasteiger partial charge in [0.05, 0.1) is 0 Å². The number of ether oxygens (including phenoxy) is 1. The van der Waals surface area contributed by atoms with Gasteiger partial charge in [0.15, 0.2) is 0 Å². The highest BCUT2D eigenvalue weighted by Gasteiger charge is 2.03. The Morgan fingerprint density at radius 3 is 2.52 bits per heavy atom. The van der Waals surface area contributed by atoms with Gasteiger partial charge in [-0.05, 0) is 60.8 Å². The predicted molar refractivity (Wildman–Crippen MR) is 91.9 cm³/mol. The minimum absolute atomic E-state index is 0.671. The van der Waals surface area contributed by atoms with Crippen molar-refractivity contribution in [2.24, 2.45) is 5.92 Å². The van der Waals surface area contributed by atoms with Gasteiger partial charge in [0.2, 0.25) is 0 Å². The number of hydrogen-bond acceptors (Lipinski definition) is 2. The van der Waals surface area contributed by atoms with Crippen molar-refractivity contribution < 1.29 is 4.74 Å². The van der Waals surface area contributed by atoms with Crippen LogP contribution in [0, 0.1) is 12.8 Å². The van der Waals surface area contributed by atoms with Crippen molar-refractivity contribution in [2.75, 3.05) is 6.54 Å². The first kappa shape index (κ1) is 16.1. The van der Waals surface area contributed by atoms with Gasteiger partial charge in [-0.3, -0.25) is 0 Å². The Kier molecular flexibility index (Phi) is 5.83. The molecule has 2 aromatic carbocycles. The zero-order chi connectivity index (χ0) is 15.2. The monoisotopic (exact) mass is 347 g/mol. The van der Waals surface area contributed by atoms with Gasteiger partial charge in [0.25, 0.3) is 0 Å². The summed E-state index contributed by atoms with van der Waals surface area (Å²) in [6.45, 7) is 8.50. The van der Waals surface area contributed by atoms with E-state index in [1.54, 1.807) is 0 Å². The summed E-state index contributed by atoms with van der Waals surface area (Å²) in [5.41, 5.74) is 2.57. The minimum Gasteiger partial charge on any atom is -0.457 e. The van der Waals surface area contributed by atoms with E-state index in [2.05, 4.69) is 54.2 Å². The fourth-order valence-corrected chi connectivity index (χ4v) is 2.47. The molecule has 112 valence electrons. The number of nitrogens with one attached hydrogen (secondary N) is 1. The molecule has 0 aliphatic heterocycles. The summed E-state index contributed by atoms with van der Waals surface area (Å²) < 4.78 is 6.91. The van der Waals surface area contributed by atoms with E-state index in [4.69, 9.17) is 4.74 Å². The normalized spacial score (nSPS) is 10.9. The molecule has 0 spiro atoms. The number of rotatable bonds is 6. The van der Waals surface area contributed by atoms with E-state index in [0.717, 1.165) is 29.1 Å². The summed E-state index contributed by atoms with van der Waals surface area (Å²) in [6.07, 6.45) is 0. The van der Waals surface area contributed by atoms with E-state index in [-0.39, 0.29) is 0 Å². The van der Waals surface area contributed by atoms with E-state index in [1.165, 1.54) is 11.1 Å². The van der Waals surface area contributed by atoms with Crippen molar-refractivity contribution in [3.63, 3.8) is 0 Å². The van der Waals surface area contributed by atoms with Crippen LogP contribution in [-0.4, -0.2) is 6.54 Å². The smallest absolute Gasteiger partial charge is 0.128 e. The summed E-state index contributed by atoms with van der Waals surface area (Å²) >= 11 is 3.45. The second-order valence-corrected chi connectivity index (χ2v) is 6.59. The average molecular weight is 348 g/mol. The van der Waals surface area contributed by atoms with Gasteiger partial charge in [0.1, 0.15) is 11.5 Å². The van der Waals surface area contributed by atoms with Crippen LogP contribution in [0.1, 0.15) is 25.0 Å². The van der Waals surface area contributed by atoms with Gasteiger partial charge >= 0.3 is 0 Å². The van der Waals surface area contributed by atoms with Crippen LogP contribution in [0.3, 0.4) is 0 Å². The first-order valence-corrected chi connectivity index (χ1v) is 8.07. The van der Waals surface area contributed by atoms with Crippen LogP contribution in [0.4, 0.5) is 0 Å². The lowest BCUT2D eigenvalue weighted by Crippen LogP contribution is -2.19. The van der Waals surface area contributed by atoms with Crippen molar-refractivity contribution in [3.05, 3.63) is 58.1 Å².